The van der Waals surface area contributed by atoms with Crippen molar-refractivity contribution in [2.24, 2.45) is 5.92 Å². The Labute approximate surface area is 118 Å². The first-order valence-electron chi connectivity index (χ1n) is 7.87. The summed E-state index contributed by atoms with van der Waals surface area (Å²) in [4.78, 5) is 2.14. The van der Waals surface area contributed by atoms with Gasteiger partial charge in [0.05, 0.1) is 11.7 Å². The van der Waals surface area contributed by atoms with Gasteiger partial charge in [-0.2, -0.15) is 0 Å². The molecule has 0 aromatic rings. The minimum Gasteiger partial charge on any atom is -0.391 e. The van der Waals surface area contributed by atoms with Gasteiger partial charge in [0.25, 0.3) is 0 Å². The van der Waals surface area contributed by atoms with Crippen molar-refractivity contribution in [3.8, 4) is 0 Å². The summed E-state index contributed by atoms with van der Waals surface area (Å²) < 4.78 is 6.14. The maximum atomic E-state index is 10.8. The van der Waals surface area contributed by atoms with Gasteiger partial charge in [-0.15, -0.1) is 0 Å². The van der Waals surface area contributed by atoms with Gasteiger partial charge in [0.2, 0.25) is 0 Å². The summed E-state index contributed by atoms with van der Waals surface area (Å²) in [6, 6.07) is 0. The molecule has 0 aromatic carbocycles. The average Bonchev–Trinajstić information content (AvgIpc) is 2.38. The van der Waals surface area contributed by atoms with Gasteiger partial charge in [-0.3, -0.25) is 0 Å². The van der Waals surface area contributed by atoms with Crippen LogP contribution in [0.15, 0.2) is 0 Å². The van der Waals surface area contributed by atoms with E-state index in [9.17, 15) is 5.11 Å². The molecule has 2 rings (SSSR count). The fraction of sp³-hybridized carbons (Fsp3) is 1.00. The van der Waals surface area contributed by atoms with Gasteiger partial charge in [0.15, 0.2) is 0 Å². The number of nitrogens with zero attached hydrogens (tertiary/aromatic N) is 1. The third-order valence-electron chi connectivity index (χ3n) is 5.62. The third-order valence-corrected chi connectivity index (χ3v) is 5.62. The summed E-state index contributed by atoms with van der Waals surface area (Å²) in [5.41, 5.74) is -0.0809. The quantitative estimate of drug-likeness (QED) is 0.855. The molecular weight excluding hydrogens is 238 g/mol. The lowest BCUT2D eigenvalue weighted by Crippen LogP contribution is -2.55. The van der Waals surface area contributed by atoms with Crippen LogP contribution >= 0.6 is 0 Å². The summed E-state index contributed by atoms with van der Waals surface area (Å²) in [6.07, 6.45) is 8.09. The average molecular weight is 269 g/mol. The molecule has 2 atom stereocenters. The molecule has 1 heterocycles. The highest BCUT2D eigenvalue weighted by atomic mass is 16.5. The minimum atomic E-state index is -0.273. The van der Waals surface area contributed by atoms with Crippen molar-refractivity contribution in [1.29, 1.82) is 0 Å². The van der Waals surface area contributed by atoms with Crippen LogP contribution in [0.2, 0.25) is 0 Å². The molecule has 0 bridgehead atoms. The van der Waals surface area contributed by atoms with Gasteiger partial charge in [-0.25, -0.2) is 0 Å². The number of likely N-dealkylation sites (N-methyl/N-ethyl adjacent to an activating group) is 1. The molecule has 1 spiro atoms. The molecule has 19 heavy (non-hydrogen) atoms. The number of rotatable bonds is 3. The molecule has 1 aliphatic carbocycles. The summed E-state index contributed by atoms with van der Waals surface area (Å²) in [7, 11) is 4.11. The fourth-order valence-corrected chi connectivity index (χ4v) is 3.72. The predicted molar refractivity (Wildman–Crippen MR) is 78.3 cm³/mol. The lowest BCUT2D eigenvalue weighted by atomic mass is 9.72. The maximum Gasteiger partial charge on any atom is 0.0748 e. The molecule has 0 aromatic heterocycles. The molecule has 2 unspecified atom stereocenters. The van der Waals surface area contributed by atoms with E-state index in [1.54, 1.807) is 0 Å². The van der Waals surface area contributed by atoms with Gasteiger partial charge >= 0.3 is 0 Å². The third kappa shape index (κ3) is 3.14. The smallest absolute Gasteiger partial charge is 0.0748 e. The zero-order chi connectivity index (χ0) is 14.1. The molecular formula is C16H31NO2. The Morgan fingerprint density at radius 3 is 2.42 bits per heavy atom. The Morgan fingerprint density at radius 1 is 1.21 bits per heavy atom. The van der Waals surface area contributed by atoms with Gasteiger partial charge in [-0.05, 0) is 59.5 Å². The van der Waals surface area contributed by atoms with E-state index in [1.807, 2.05) is 0 Å². The largest absolute Gasteiger partial charge is 0.391 e. The van der Waals surface area contributed by atoms with Gasteiger partial charge in [-0.1, -0.05) is 19.3 Å². The van der Waals surface area contributed by atoms with Crippen LogP contribution in [0.5, 0.6) is 0 Å². The summed E-state index contributed by atoms with van der Waals surface area (Å²) in [5.74, 6) is 0.379. The minimum absolute atomic E-state index is 0.0878. The van der Waals surface area contributed by atoms with Crippen molar-refractivity contribution >= 4 is 0 Å². The second kappa shape index (κ2) is 5.71. The van der Waals surface area contributed by atoms with Crippen molar-refractivity contribution < 1.29 is 9.84 Å². The summed E-state index contributed by atoms with van der Waals surface area (Å²) in [6.45, 7) is 5.10. The predicted octanol–water partition coefficient (Wildman–Crippen LogP) is 2.82. The number of ether oxygens (including phenoxy) is 1. The first-order valence-corrected chi connectivity index (χ1v) is 7.87. The van der Waals surface area contributed by atoms with Crippen LogP contribution in [-0.2, 0) is 4.74 Å². The van der Waals surface area contributed by atoms with E-state index in [2.05, 4.69) is 32.8 Å². The Bertz CT molecular complexity index is 290. The molecule has 0 amide bonds. The van der Waals surface area contributed by atoms with Crippen LogP contribution in [-0.4, -0.2) is 48.0 Å². The second-order valence-electron chi connectivity index (χ2n) is 7.34. The van der Waals surface area contributed by atoms with Crippen LogP contribution in [0.3, 0.4) is 0 Å². The highest BCUT2D eigenvalue weighted by Gasteiger charge is 2.44. The van der Waals surface area contributed by atoms with E-state index in [0.717, 1.165) is 19.4 Å². The molecule has 3 heteroatoms. The highest BCUT2D eigenvalue weighted by molar-refractivity contribution is 4.97. The van der Waals surface area contributed by atoms with Crippen LogP contribution < -0.4 is 0 Å². The monoisotopic (exact) mass is 269 g/mol. The SMILES string of the molecule is CN(C)C(C)(C)C(O)C1CCOC2(CCCCC2)C1. The second-order valence-corrected chi connectivity index (χ2v) is 7.34. The molecule has 112 valence electrons. The van der Waals surface area contributed by atoms with E-state index in [0.29, 0.717) is 5.92 Å². The number of aliphatic hydroxyl groups excluding tert-OH is 1. The zero-order valence-corrected chi connectivity index (χ0v) is 13.1. The van der Waals surface area contributed by atoms with E-state index >= 15 is 0 Å². The number of aliphatic hydroxyl groups is 1. The summed E-state index contributed by atoms with van der Waals surface area (Å²) >= 11 is 0. The molecule has 1 aliphatic heterocycles. The van der Waals surface area contributed by atoms with Gasteiger partial charge in [0.1, 0.15) is 0 Å². The standard InChI is InChI=1S/C16H31NO2/c1-15(2,17(3)4)14(18)13-8-11-19-16(12-13)9-6-5-7-10-16/h13-14,18H,5-12H2,1-4H3. The van der Waals surface area contributed by atoms with Crippen molar-refractivity contribution in [1.82, 2.24) is 4.90 Å². The summed E-state index contributed by atoms with van der Waals surface area (Å²) in [5, 5.41) is 10.8. The van der Waals surface area contributed by atoms with Crippen LogP contribution in [0.25, 0.3) is 0 Å². The Balaban J connectivity index is 2.04. The lowest BCUT2D eigenvalue weighted by molar-refractivity contribution is -0.147. The molecule has 1 saturated carbocycles. The van der Waals surface area contributed by atoms with E-state index in [1.165, 1.54) is 32.1 Å². The van der Waals surface area contributed by atoms with Crippen LogP contribution in [0.4, 0.5) is 0 Å². The highest BCUT2D eigenvalue weighted by Crippen LogP contribution is 2.43. The first kappa shape index (κ1) is 15.3. The van der Waals surface area contributed by atoms with Crippen molar-refractivity contribution in [3.05, 3.63) is 0 Å². The van der Waals surface area contributed by atoms with E-state index < -0.39 is 0 Å². The molecule has 1 saturated heterocycles. The molecule has 2 aliphatic rings. The Morgan fingerprint density at radius 2 is 1.84 bits per heavy atom. The first-order chi connectivity index (χ1) is 8.87. The maximum absolute atomic E-state index is 10.8. The zero-order valence-electron chi connectivity index (χ0n) is 13.1. The fourth-order valence-electron chi connectivity index (χ4n) is 3.72. The van der Waals surface area contributed by atoms with Gasteiger partial charge < -0.3 is 14.7 Å². The molecule has 2 fully saturated rings. The number of hydrogen-bond acceptors (Lipinski definition) is 3. The molecule has 1 N–H and O–H groups in total. The molecule has 0 radical (unpaired) electrons. The van der Waals surface area contributed by atoms with Crippen LogP contribution in [0, 0.1) is 5.92 Å². The van der Waals surface area contributed by atoms with Crippen molar-refractivity contribution in [2.75, 3.05) is 20.7 Å². The lowest BCUT2D eigenvalue weighted by Gasteiger charge is -2.48. The van der Waals surface area contributed by atoms with Crippen molar-refractivity contribution in [2.45, 2.75) is 76.0 Å². The normalized spacial score (nSPS) is 29.7. The Kier molecular flexibility index (Phi) is 4.59. The molecule has 3 nitrogen and oxygen atoms in total. The van der Waals surface area contributed by atoms with Crippen molar-refractivity contribution in [3.63, 3.8) is 0 Å². The number of hydrogen-bond donors (Lipinski definition) is 1. The van der Waals surface area contributed by atoms with Gasteiger partial charge in [0, 0.05) is 12.1 Å². The van der Waals surface area contributed by atoms with E-state index in [-0.39, 0.29) is 17.2 Å². The van der Waals surface area contributed by atoms with E-state index in [4.69, 9.17) is 4.74 Å². The Hall–Kier alpha value is -0.120. The van der Waals surface area contributed by atoms with Crippen LogP contribution in [0.1, 0.15) is 58.8 Å². The topological polar surface area (TPSA) is 32.7 Å².